The van der Waals surface area contributed by atoms with Gasteiger partial charge in [-0.1, -0.05) is 6.07 Å². The first-order valence-electron chi connectivity index (χ1n) is 7.29. The van der Waals surface area contributed by atoms with Crippen molar-refractivity contribution in [3.63, 3.8) is 0 Å². The Bertz CT molecular complexity index is 951. The minimum Gasteiger partial charge on any atom is -0.454 e. The van der Waals surface area contributed by atoms with Crippen LogP contribution in [0.4, 0.5) is 11.4 Å². The molecule has 1 aromatic heterocycles. The van der Waals surface area contributed by atoms with Gasteiger partial charge in [0.05, 0.1) is 24.0 Å². The second-order valence-electron chi connectivity index (χ2n) is 5.11. The molecule has 1 heterocycles. The van der Waals surface area contributed by atoms with E-state index in [1.807, 2.05) is 6.07 Å². The highest BCUT2D eigenvalue weighted by atomic mass is 16.5. The van der Waals surface area contributed by atoms with Crippen molar-refractivity contribution in [1.82, 2.24) is 9.97 Å². The number of nitrogens with one attached hydrogen (secondary N) is 1. The van der Waals surface area contributed by atoms with E-state index in [1.165, 1.54) is 24.8 Å². The van der Waals surface area contributed by atoms with Crippen molar-refractivity contribution in [2.45, 2.75) is 0 Å². The van der Waals surface area contributed by atoms with Crippen molar-refractivity contribution in [3.8, 4) is 17.6 Å². The van der Waals surface area contributed by atoms with Gasteiger partial charge < -0.3 is 15.8 Å². The maximum Gasteiger partial charge on any atom is 0.255 e. The minimum atomic E-state index is -0.350. The zero-order valence-corrected chi connectivity index (χ0v) is 13.0. The van der Waals surface area contributed by atoms with Gasteiger partial charge in [0.2, 0.25) is 0 Å². The second-order valence-corrected chi connectivity index (χ2v) is 5.11. The van der Waals surface area contributed by atoms with E-state index in [0.29, 0.717) is 34.0 Å². The van der Waals surface area contributed by atoms with E-state index in [4.69, 9.17) is 15.7 Å². The van der Waals surface area contributed by atoms with Crippen molar-refractivity contribution in [2.24, 2.45) is 0 Å². The maximum absolute atomic E-state index is 12.3. The number of carbonyl (C=O) groups is 1. The molecule has 0 aliphatic carbocycles. The van der Waals surface area contributed by atoms with Gasteiger partial charge in [-0.3, -0.25) is 4.79 Å². The van der Waals surface area contributed by atoms with Crippen molar-refractivity contribution >= 4 is 17.3 Å². The third-order valence-electron chi connectivity index (χ3n) is 3.21. The number of amides is 1. The quantitative estimate of drug-likeness (QED) is 0.710. The Labute approximate surface area is 143 Å². The molecule has 0 aliphatic rings. The van der Waals surface area contributed by atoms with Gasteiger partial charge in [0.15, 0.2) is 5.75 Å². The number of hydrogen-bond donors (Lipinski definition) is 2. The van der Waals surface area contributed by atoms with Crippen LogP contribution in [0.3, 0.4) is 0 Å². The molecule has 0 atom stereocenters. The molecule has 0 saturated carbocycles. The van der Waals surface area contributed by atoms with Crippen LogP contribution in [-0.4, -0.2) is 15.9 Å². The Hall–Kier alpha value is -3.92. The van der Waals surface area contributed by atoms with Crippen LogP contribution in [0, 0.1) is 11.3 Å². The molecule has 3 N–H and O–H groups in total. The number of nitrogen functional groups attached to an aromatic ring is 1. The highest BCUT2D eigenvalue weighted by molar-refractivity contribution is 6.04. The van der Waals surface area contributed by atoms with Gasteiger partial charge in [-0.15, -0.1) is 0 Å². The Morgan fingerprint density at radius 1 is 1.12 bits per heavy atom. The average Bonchev–Trinajstić information content (AvgIpc) is 2.62. The zero-order valence-electron chi connectivity index (χ0n) is 13.0. The molecule has 7 heteroatoms. The topological polar surface area (TPSA) is 114 Å². The van der Waals surface area contributed by atoms with Crippen LogP contribution in [0.1, 0.15) is 15.9 Å². The summed E-state index contributed by atoms with van der Waals surface area (Å²) >= 11 is 0. The molecule has 0 radical (unpaired) electrons. The first-order chi connectivity index (χ1) is 12.1. The summed E-state index contributed by atoms with van der Waals surface area (Å²) in [6.07, 6.45) is 4.43. The minimum absolute atomic E-state index is 0.350. The largest absolute Gasteiger partial charge is 0.454 e. The normalized spacial score (nSPS) is 9.88. The van der Waals surface area contributed by atoms with E-state index >= 15 is 0 Å². The number of nitrogens with zero attached hydrogens (tertiary/aromatic N) is 3. The summed E-state index contributed by atoms with van der Waals surface area (Å²) in [4.78, 5) is 20.1. The van der Waals surface area contributed by atoms with Crippen LogP contribution in [0.2, 0.25) is 0 Å². The number of benzene rings is 2. The van der Waals surface area contributed by atoms with Gasteiger partial charge in [-0.2, -0.15) is 5.26 Å². The van der Waals surface area contributed by atoms with Gasteiger partial charge in [0.1, 0.15) is 12.1 Å². The van der Waals surface area contributed by atoms with Gasteiger partial charge in [-0.05, 0) is 24.3 Å². The van der Waals surface area contributed by atoms with Gasteiger partial charge in [0, 0.05) is 29.1 Å². The number of nitriles is 1. The van der Waals surface area contributed by atoms with Crippen molar-refractivity contribution in [1.29, 1.82) is 5.26 Å². The van der Waals surface area contributed by atoms with E-state index in [2.05, 4.69) is 15.3 Å². The van der Waals surface area contributed by atoms with Gasteiger partial charge in [-0.25, -0.2) is 9.97 Å². The lowest BCUT2D eigenvalue weighted by Crippen LogP contribution is -2.12. The lowest BCUT2D eigenvalue weighted by Gasteiger charge is -2.10. The highest BCUT2D eigenvalue weighted by Gasteiger charge is 2.09. The predicted molar refractivity (Wildman–Crippen MR) is 92.1 cm³/mol. The number of hydrogen-bond acceptors (Lipinski definition) is 6. The monoisotopic (exact) mass is 331 g/mol. The van der Waals surface area contributed by atoms with E-state index in [-0.39, 0.29) is 5.91 Å². The molecule has 0 bridgehead atoms. The fourth-order valence-electron chi connectivity index (χ4n) is 2.16. The number of aromatic nitrogens is 2. The fraction of sp³-hybridized carbons (Fsp3) is 0. The van der Waals surface area contributed by atoms with Crippen LogP contribution in [0.15, 0.2) is 61.2 Å². The summed E-state index contributed by atoms with van der Waals surface area (Å²) in [5.41, 5.74) is 7.55. The zero-order chi connectivity index (χ0) is 17.6. The maximum atomic E-state index is 12.3. The van der Waals surface area contributed by atoms with Crippen LogP contribution < -0.4 is 15.8 Å². The van der Waals surface area contributed by atoms with Crippen LogP contribution in [0.25, 0.3) is 0 Å². The molecular weight excluding hydrogens is 318 g/mol. The first-order valence-corrected chi connectivity index (χ1v) is 7.29. The highest BCUT2D eigenvalue weighted by Crippen LogP contribution is 2.27. The number of rotatable bonds is 4. The SMILES string of the molecule is N#Cc1cccc(C(=O)Nc2cc(N)cc(Oc3cncnc3)c2)c1. The number of nitrogens with two attached hydrogens (primary N) is 1. The van der Waals surface area contributed by atoms with Gasteiger partial charge >= 0.3 is 0 Å². The molecule has 25 heavy (non-hydrogen) atoms. The number of ether oxygens (including phenoxy) is 1. The summed E-state index contributed by atoms with van der Waals surface area (Å²) in [7, 11) is 0. The molecule has 2 aromatic carbocycles. The molecule has 7 nitrogen and oxygen atoms in total. The van der Waals surface area contributed by atoms with Gasteiger partial charge in [0.25, 0.3) is 5.91 Å². The predicted octanol–water partition coefficient (Wildman–Crippen LogP) is 2.98. The van der Waals surface area contributed by atoms with E-state index in [9.17, 15) is 4.79 Å². The standard InChI is InChI=1S/C18H13N5O2/c19-8-12-2-1-3-13(4-12)18(24)23-15-5-14(20)6-16(7-15)25-17-9-21-11-22-10-17/h1-7,9-11H,20H2,(H,23,24). The Morgan fingerprint density at radius 3 is 2.68 bits per heavy atom. The average molecular weight is 331 g/mol. The Morgan fingerprint density at radius 2 is 1.92 bits per heavy atom. The molecule has 3 rings (SSSR count). The molecule has 1 amide bonds. The van der Waals surface area contributed by atoms with E-state index < -0.39 is 0 Å². The Balaban J connectivity index is 1.80. The lowest BCUT2D eigenvalue weighted by molar-refractivity contribution is 0.102. The van der Waals surface area contributed by atoms with E-state index in [0.717, 1.165) is 0 Å². The molecule has 0 saturated heterocycles. The number of carbonyl (C=O) groups excluding carboxylic acids is 1. The summed E-state index contributed by atoms with van der Waals surface area (Å²) in [5.74, 6) is 0.541. The third kappa shape index (κ3) is 4.09. The first kappa shape index (κ1) is 16.0. The van der Waals surface area contributed by atoms with Crippen LogP contribution in [-0.2, 0) is 0 Å². The van der Waals surface area contributed by atoms with Crippen molar-refractivity contribution < 1.29 is 9.53 Å². The van der Waals surface area contributed by atoms with Crippen molar-refractivity contribution in [3.05, 3.63) is 72.3 Å². The van der Waals surface area contributed by atoms with Crippen LogP contribution >= 0.6 is 0 Å². The van der Waals surface area contributed by atoms with E-state index in [1.54, 1.807) is 36.4 Å². The number of anilines is 2. The molecule has 3 aromatic rings. The summed E-state index contributed by atoms with van der Waals surface area (Å²) < 4.78 is 5.62. The molecule has 0 fully saturated rings. The summed E-state index contributed by atoms with van der Waals surface area (Å²) in [6, 6.07) is 13.3. The van der Waals surface area contributed by atoms with Crippen LogP contribution in [0.5, 0.6) is 11.5 Å². The molecular formula is C18H13N5O2. The molecule has 0 aliphatic heterocycles. The fourth-order valence-corrected chi connectivity index (χ4v) is 2.16. The lowest BCUT2D eigenvalue weighted by atomic mass is 10.1. The summed E-state index contributed by atoms with van der Waals surface area (Å²) in [5, 5.41) is 11.7. The Kier molecular flexibility index (Phi) is 4.53. The van der Waals surface area contributed by atoms with Crippen molar-refractivity contribution in [2.75, 3.05) is 11.1 Å². The second kappa shape index (κ2) is 7.10. The summed E-state index contributed by atoms with van der Waals surface area (Å²) in [6.45, 7) is 0. The molecule has 122 valence electrons. The smallest absolute Gasteiger partial charge is 0.255 e. The molecule has 0 spiro atoms. The molecule has 0 unspecified atom stereocenters. The third-order valence-corrected chi connectivity index (χ3v) is 3.21.